The fourth-order valence-electron chi connectivity index (χ4n) is 1.54. The first-order valence-corrected chi connectivity index (χ1v) is 7.25. The Morgan fingerprint density at radius 1 is 1.47 bits per heavy atom. The third-order valence-electron chi connectivity index (χ3n) is 2.31. The van der Waals surface area contributed by atoms with E-state index in [0.717, 1.165) is 14.9 Å². The molecule has 1 fully saturated rings. The van der Waals surface area contributed by atoms with Gasteiger partial charge in [-0.3, -0.25) is 14.7 Å². The molecule has 1 aromatic heterocycles. The van der Waals surface area contributed by atoms with Gasteiger partial charge in [-0.15, -0.1) is 11.3 Å². The molecule has 0 saturated carbocycles. The minimum atomic E-state index is 0.0677. The molecular formula is C12H14N2OS2. The Kier molecular flexibility index (Phi) is 4.02. The lowest BCUT2D eigenvalue weighted by molar-refractivity contribution is -0.122. The summed E-state index contributed by atoms with van der Waals surface area (Å²) in [5.74, 6) is 0.0677. The molecule has 1 aromatic rings. The molecule has 1 saturated heterocycles. The van der Waals surface area contributed by atoms with Crippen LogP contribution >= 0.6 is 23.1 Å². The first kappa shape index (κ1) is 12.4. The quantitative estimate of drug-likeness (QED) is 0.788. The number of nitrogens with zero attached hydrogens (tertiary/aromatic N) is 2. The first-order valence-electron chi connectivity index (χ1n) is 5.55. The van der Waals surface area contributed by atoms with Crippen LogP contribution in [0, 0.1) is 0 Å². The largest absolute Gasteiger partial charge is 0.287 e. The smallest absolute Gasteiger partial charge is 0.266 e. The van der Waals surface area contributed by atoms with Gasteiger partial charge in [0.15, 0.2) is 5.17 Å². The zero-order chi connectivity index (χ0) is 12.3. The van der Waals surface area contributed by atoms with Crippen molar-refractivity contribution < 1.29 is 4.79 Å². The van der Waals surface area contributed by atoms with Crippen molar-refractivity contribution in [1.82, 2.24) is 4.90 Å². The maximum absolute atomic E-state index is 12.1. The van der Waals surface area contributed by atoms with Gasteiger partial charge in [0, 0.05) is 18.0 Å². The molecule has 2 heterocycles. The van der Waals surface area contributed by atoms with E-state index in [0.29, 0.717) is 13.1 Å². The highest BCUT2D eigenvalue weighted by Gasteiger charge is 2.31. The molecule has 0 unspecified atom stereocenters. The molecule has 3 nitrogen and oxygen atoms in total. The second-order valence-electron chi connectivity index (χ2n) is 3.43. The summed E-state index contributed by atoms with van der Waals surface area (Å²) in [5.41, 5.74) is 0. The number of thioether (sulfide) groups is 1. The van der Waals surface area contributed by atoms with Crippen LogP contribution in [0.3, 0.4) is 0 Å². The summed E-state index contributed by atoms with van der Waals surface area (Å²) in [5, 5.41) is 2.83. The molecule has 1 amide bonds. The van der Waals surface area contributed by atoms with Gasteiger partial charge in [0.2, 0.25) is 0 Å². The lowest BCUT2D eigenvalue weighted by Gasteiger charge is -2.11. The molecule has 0 radical (unpaired) electrons. The molecule has 5 heteroatoms. The van der Waals surface area contributed by atoms with E-state index in [2.05, 4.69) is 4.99 Å². The number of hydrogen-bond acceptors (Lipinski definition) is 4. The van der Waals surface area contributed by atoms with E-state index in [4.69, 9.17) is 0 Å². The molecule has 17 heavy (non-hydrogen) atoms. The van der Waals surface area contributed by atoms with Crippen LogP contribution in [0.15, 0.2) is 27.4 Å². The number of carbonyl (C=O) groups excluding carboxylic acids is 1. The number of amidine groups is 1. The van der Waals surface area contributed by atoms with Gasteiger partial charge >= 0.3 is 0 Å². The van der Waals surface area contributed by atoms with Crippen molar-refractivity contribution in [3.8, 4) is 0 Å². The molecular weight excluding hydrogens is 252 g/mol. The molecule has 1 aliphatic heterocycles. The van der Waals surface area contributed by atoms with E-state index in [1.807, 2.05) is 37.4 Å². The van der Waals surface area contributed by atoms with Crippen LogP contribution in [0.1, 0.15) is 18.7 Å². The Bertz CT molecular complexity index is 463. The average Bonchev–Trinajstić information content (AvgIpc) is 2.90. The Hall–Kier alpha value is -1.07. The normalized spacial score (nSPS) is 20.8. The lowest BCUT2D eigenvalue weighted by Crippen LogP contribution is -2.28. The van der Waals surface area contributed by atoms with Gasteiger partial charge in [-0.1, -0.05) is 6.07 Å². The van der Waals surface area contributed by atoms with Crippen molar-refractivity contribution >= 4 is 40.2 Å². The molecule has 1 aliphatic rings. The number of rotatable bonds is 3. The van der Waals surface area contributed by atoms with Crippen LogP contribution in [0.5, 0.6) is 0 Å². The molecule has 90 valence electrons. The van der Waals surface area contributed by atoms with Gasteiger partial charge in [-0.25, -0.2) is 0 Å². The van der Waals surface area contributed by atoms with E-state index < -0.39 is 0 Å². The van der Waals surface area contributed by atoms with Crippen LogP contribution in [0.2, 0.25) is 0 Å². The van der Waals surface area contributed by atoms with Gasteiger partial charge in [0.05, 0.1) is 4.91 Å². The summed E-state index contributed by atoms with van der Waals surface area (Å²) in [6.07, 6.45) is 1.94. The number of hydrogen-bond donors (Lipinski definition) is 0. The summed E-state index contributed by atoms with van der Waals surface area (Å²) in [4.78, 5) is 20.1. The summed E-state index contributed by atoms with van der Waals surface area (Å²) in [6.45, 7) is 5.33. The summed E-state index contributed by atoms with van der Waals surface area (Å²) >= 11 is 3.10. The molecule has 0 spiro atoms. The van der Waals surface area contributed by atoms with Gasteiger partial charge in [-0.2, -0.15) is 0 Å². The SMILES string of the molecule is CCN=C1S/C(=C/c2cccs2)C(=O)N1CC. The minimum absolute atomic E-state index is 0.0677. The van der Waals surface area contributed by atoms with E-state index in [1.165, 1.54) is 11.8 Å². The number of thiophene rings is 1. The first-order chi connectivity index (χ1) is 8.26. The van der Waals surface area contributed by atoms with Crippen molar-refractivity contribution in [2.45, 2.75) is 13.8 Å². The molecule has 0 N–H and O–H groups in total. The Morgan fingerprint density at radius 3 is 2.88 bits per heavy atom. The highest BCUT2D eigenvalue weighted by molar-refractivity contribution is 8.18. The van der Waals surface area contributed by atoms with E-state index in [-0.39, 0.29) is 5.91 Å². The lowest BCUT2D eigenvalue weighted by atomic mass is 10.4. The van der Waals surface area contributed by atoms with E-state index in [9.17, 15) is 4.79 Å². The fraction of sp³-hybridized carbons (Fsp3) is 0.333. The molecule has 0 atom stereocenters. The average molecular weight is 266 g/mol. The van der Waals surface area contributed by atoms with Crippen molar-refractivity contribution in [2.75, 3.05) is 13.1 Å². The molecule has 0 aromatic carbocycles. The van der Waals surface area contributed by atoms with Crippen molar-refractivity contribution in [2.24, 2.45) is 4.99 Å². The number of aliphatic imine (C=N–C) groups is 1. The van der Waals surface area contributed by atoms with Gasteiger partial charge < -0.3 is 0 Å². The number of likely N-dealkylation sites (N-methyl/N-ethyl adjacent to an activating group) is 1. The Balaban J connectivity index is 2.27. The zero-order valence-electron chi connectivity index (χ0n) is 9.84. The third kappa shape index (κ3) is 2.61. The highest BCUT2D eigenvalue weighted by atomic mass is 32.2. The fourth-order valence-corrected chi connectivity index (χ4v) is 3.37. The summed E-state index contributed by atoms with van der Waals surface area (Å²) < 4.78 is 0. The molecule has 2 rings (SSSR count). The predicted octanol–water partition coefficient (Wildman–Crippen LogP) is 3.06. The van der Waals surface area contributed by atoms with Crippen LogP contribution in [-0.4, -0.2) is 29.1 Å². The van der Waals surface area contributed by atoms with E-state index >= 15 is 0 Å². The third-order valence-corrected chi connectivity index (χ3v) is 4.18. The van der Waals surface area contributed by atoms with E-state index in [1.54, 1.807) is 16.2 Å². The second-order valence-corrected chi connectivity index (χ2v) is 5.42. The van der Waals surface area contributed by atoms with Crippen LogP contribution in [0.25, 0.3) is 6.08 Å². The van der Waals surface area contributed by atoms with Crippen molar-refractivity contribution in [3.05, 3.63) is 27.3 Å². The highest BCUT2D eigenvalue weighted by Crippen LogP contribution is 2.32. The maximum atomic E-state index is 12.1. The Morgan fingerprint density at radius 2 is 2.29 bits per heavy atom. The van der Waals surface area contributed by atoms with Crippen LogP contribution in [0.4, 0.5) is 0 Å². The number of amides is 1. The zero-order valence-corrected chi connectivity index (χ0v) is 11.5. The molecule has 0 aliphatic carbocycles. The molecule has 0 bridgehead atoms. The Labute approximate surface area is 109 Å². The van der Waals surface area contributed by atoms with Crippen LogP contribution < -0.4 is 0 Å². The minimum Gasteiger partial charge on any atom is -0.287 e. The standard InChI is InChI=1S/C12H14N2OS2/c1-3-13-12-14(4-2)11(15)10(17-12)8-9-6-5-7-16-9/h5-8H,3-4H2,1-2H3/b10-8+,13-12?. The van der Waals surface area contributed by atoms with Gasteiger partial charge in [0.25, 0.3) is 5.91 Å². The van der Waals surface area contributed by atoms with Crippen molar-refractivity contribution in [1.29, 1.82) is 0 Å². The maximum Gasteiger partial charge on any atom is 0.266 e. The predicted molar refractivity (Wildman–Crippen MR) is 75.3 cm³/mol. The van der Waals surface area contributed by atoms with Crippen molar-refractivity contribution in [3.63, 3.8) is 0 Å². The van der Waals surface area contributed by atoms with Gasteiger partial charge in [-0.05, 0) is 43.1 Å². The second kappa shape index (κ2) is 5.51. The summed E-state index contributed by atoms with van der Waals surface area (Å²) in [7, 11) is 0. The summed E-state index contributed by atoms with van der Waals surface area (Å²) in [6, 6.07) is 4.00. The topological polar surface area (TPSA) is 32.7 Å². The van der Waals surface area contributed by atoms with Gasteiger partial charge in [0.1, 0.15) is 0 Å². The van der Waals surface area contributed by atoms with Crippen LogP contribution in [-0.2, 0) is 4.79 Å². The number of carbonyl (C=O) groups is 1. The monoisotopic (exact) mass is 266 g/mol.